The molecular formula is C11H15Br2NS. The molecular weight excluding hydrogens is 338 g/mol. The predicted octanol–water partition coefficient (Wildman–Crippen LogP) is 4.41. The van der Waals surface area contributed by atoms with E-state index in [2.05, 4.69) is 57.1 Å². The second-order valence-corrected chi connectivity index (χ2v) is 8.16. The zero-order valence-electron chi connectivity index (χ0n) is 8.94. The first kappa shape index (κ1) is 12.1. The van der Waals surface area contributed by atoms with Crippen molar-refractivity contribution in [2.24, 2.45) is 11.3 Å². The van der Waals surface area contributed by atoms with Gasteiger partial charge in [0.2, 0.25) is 0 Å². The first-order valence-corrected chi connectivity index (χ1v) is 7.54. The summed E-state index contributed by atoms with van der Waals surface area (Å²) in [6.45, 7) is 6.83. The molecule has 4 heteroatoms. The molecule has 0 saturated heterocycles. The van der Waals surface area contributed by atoms with E-state index in [1.807, 2.05) is 0 Å². The van der Waals surface area contributed by atoms with Gasteiger partial charge in [-0.25, -0.2) is 0 Å². The minimum atomic E-state index is 0.587. The molecule has 1 atom stereocenters. The van der Waals surface area contributed by atoms with Gasteiger partial charge in [0.25, 0.3) is 0 Å². The summed E-state index contributed by atoms with van der Waals surface area (Å²) in [5, 5.41) is 3.53. The van der Waals surface area contributed by atoms with Crippen molar-refractivity contribution < 1.29 is 0 Å². The van der Waals surface area contributed by atoms with Gasteiger partial charge in [0.05, 0.1) is 3.79 Å². The molecule has 0 aromatic carbocycles. The summed E-state index contributed by atoms with van der Waals surface area (Å²) in [6, 6.07) is 2.18. The summed E-state index contributed by atoms with van der Waals surface area (Å²) in [5.41, 5.74) is 0.587. The molecule has 0 spiro atoms. The molecule has 2 rings (SSSR count). The maximum Gasteiger partial charge on any atom is 0.0843 e. The quantitative estimate of drug-likeness (QED) is 0.846. The fourth-order valence-electron chi connectivity index (χ4n) is 1.77. The lowest BCUT2D eigenvalue weighted by molar-refractivity contribution is 0.521. The van der Waals surface area contributed by atoms with Crippen LogP contribution in [0.2, 0.25) is 0 Å². The molecule has 1 aromatic rings. The lowest BCUT2D eigenvalue weighted by Gasteiger charge is -2.04. The lowest BCUT2D eigenvalue weighted by atomic mass is 10.1. The van der Waals surface area contributed by atoms with E-state index in [9.17, 15) is 0 Å². The Morgan fingerprint density at radius 1 is 1.53 bits per heavy atom. The van der Waals surface area contributed by atoms with Gasteiger partial charge in [-0.3, -0.25) is 0 Å². The highest BCUT2D eigenvalue weighted by Crippen LogP contribution is 2.51. The van der Waals surface area contributed by atoms with Crippen LogP contribution in [0.15, 0.2) is 14.3 Å². The van der Waals surface area contributed by atoms with Gasteiger partial charge in [0.15, 0.2) is 0 Å². The number of hydrogen-bond donors (Lipinski definition) is 1. The predicted molar refractivity (Wildman–Crippen MR) is 73.3 cm³/mol. The normalized spacial score (nSPS) is 23.1. The topological polar surface area (TPSA) is 12.0 Å². The Bertz CT molecular complexity index is 340. The van der Waals surface area contributed by atoms with Crippen LogP contribution >= 0.6 is 43.2 Å². The minimum absolute atomic E-state index is 0.587. The Hall–Kier alpha value is 0.620. The molecule has 0 amide bonds. The summed E-state index contributed by atoms with van der Waals surface area (Å²) < 4.78 is 2.35. The second kappa shape index (κ2) is 4.47. The summed E-state index contributed by atoms with van der Waals surface area (Å²) in [5.74, 6) is 0.879. The van der Waals surface area contributed by atoms with Crippen LogP contribution in [0.5, 0.6) is 0 Å². The lowest BCUT2D eigenvalue weighted by Crippen LogP contribution is -2.17. The van der Waals surface area contributed by atoms with Gasteiger partial charge >= 0.3 is 0 Å². The zero-order valence-corrected chi connectivity index (χ0v) is 12.9. The first-order valence-electron chi connectivity index (χ1n) is 5.13. The van der Waals surface area contributed by atoms with Crippen LogP contribution in [0.3, 0.4) is 0 Å². The first-order chi connectivity index (χ1) is 6.99. The third-order valence-electron chi connectivity index (χ3n) is 3.10. The standard InChI is InChI=1S/C11H15Br2NS/c1-11(2)4-7(11)5-14-6-8-3-9(12)10(13)15-8/h3,7,14H,4-6H2,1-2H3. The highest BCUT2D eigenvalue weighted by molar-refractivity contribution is 9.13. The Morgan fingerprint density at radius 3 is 2.67 bits per heavy atom. The van der Waals surface area contributed by atoms with Crippen LogP contribution in [-0.2, 0) is 6.54 Å². The van der Waals surface area contributed by atoms with Crippen molar-refractivity contribution in [3.63, 3.8) is 0 Å². The molecule has 1 N–H and O–H groups in total. The summed E-state index contributed by atoms with van der Waals surface area (Å²) in [7, 11) is 0. The highest BCUT2D eigenvalue weighted by atomic mass is 79.9. The average molecular weight is 353 g/mol. The summed E-state index contributed by atoms with van der Waals surface area (Å²) in [6.07, 6.45) is 1.37. The van der Waals surface area contributed by atoms with E-state index in [1.165, 1.54) is 15.1 Å². The Morgan fingerprint density at radius 2 is 2.20 bits per heavy atom. The third kappa shape index (κ3) is 3.05. The van der Waals surface area contributed by atoms with Gasteiger partial charge in [-0.2, -0.15) is 0 Å². The molecule has 0 bridgehead atoms. The van der Waals surface area contributed by atoms with E-state index in [4.69, 9.17) is 0 Å². The molecule has 1 heterocycles. The molecule has 1 aliphatic rings. The zero-order chi connectivity index (χ0) is 11.1. The van der Waals surface area contributed by atoms with E-state index in [0.717, 1.165) is 23.5 Å². The van der Waals surface area contributed by atoms with Crippen LogP contribution in [0.4, 0.5) is 0 Å². The van der Waals surface area contributed by atoms with Crippen molar-refractivity contribution in [3.05, 3.63) is 19.2 Å². The largest absolute Gasteiger partial charge is 0.312 e. The van der Waals surface area contributed by atoms with E-state index in [1.54, 1.807) is 11.3 Å². The van der Waals surface area contributed by atoms with Crippen molar-refractivity contribution in [2.75, 3.05) is 6.54 Å². The van der Waals surface area contributed by atoms with Gasteiger partial charge in [-0.05, 0) is 62.2 Å². The highest BCUT2D eigenvalue weighted by Gasteiger charge is 2.44. The maximum absolute atomic E-state index is 3.53. The Kier molecular flexibility index (Phi) is 3.61. The van der Waals surface area contributed by atoms with Crippen molar-refractivity contribution in [3.8, 4) is 0 Å². The molecule has 0 radical (unpaired) electrons. The Labute approximate surface area is 112 Å². The number of halogens is 2. The second-order valence-electron chi connectivity index (χ2n) is 4.85. The number of hydrogen-bond acceptors (Lipinski definition) is 2. The van der Waals surface area contributed by atoms with Crippen molar-refractivity contribution in [1.82, 2.24) is 5.32 Å². The van der Waals surface area contributed by atoms with Gasteiger partial charge < -0.3 is 5.32 Å². The molecule has 1 fully saturated rings. The molecule has 1 aromatic heterocycles. The molecule has 1 aliphatic carbocycles. The van der Waals surface area contributed by atoms with E-state index < -0.39 is 0 Å². The SMILES string of the molecule is CC1(C)CC1CNCc1cc(Br)c(Br)s1. The van der Waals surface area contributed by atoms with Crippen molar-refractivity contribution >= 4 is 43.2 Å². The van der Waals surface area contributed by atoms with Crippen LogP contribution in [-0.4, -0.2) is 6.54 Å². The number of thiophene rings is 1. The molecule has 84 valence electrons. The minimum Gasteiger partial charge on any atom is -0.312 e. The summed E-state index contributed by atoms with van der Waals surface area (Å²) >= 11 is 8.81. The molecule has 1 nitrogen and oxygen atoms in total. The van der Waals surface area contributed by atoms with Crippen LogP contribution in [0.25, 0.3) is 0 Å². The molecule has 1 unspecified atom stereocenters. The fourth-order valence-corrected chi connectivity index (χ4v) is 3.92. The third-order valence-corrected chi connectivity index (χ3v) is 6.36. The smallest absolute Gasteiger partial charge is 0.0843 e. The molecule has 0 aliphatic heterocycles. The Balaban J connectivity index is 1.75. The maximum atomic E-state index is 3.53. The number of nitrogens with one attached hydrogen (secondary N) is 1. The summed E-state index contributed by atoms with van der Waals surface area (Å²) in [4.78, 5) is 1.38. The molecule has 1 saturated carbocycles. The van der Waals surface area contributed by atoms with E-state index in [-0.39, 0.29) is 0 Å². The van der Waals surface area contributed by atoms with Crippen molar-refractivity contribution in [2.45, 2.75) is 26.8 Å². The number of rotatable bonds is 4. The van der Waals surface area contributed by atoms with Gasteiger partial charge in [0, 0.05) is 15.9 Å². The van der Waals surface area contributed by atoms with Gasteiger partial charge in [-0.15, -0.1) is 11.3 Å². The monoisotopic (exact) mass is 351 g/mol. The van der Waals surface area contributed by atoms with Gasteiger partial charge in [-0.1, -0.05) is 13.8 Å². The fraction of sp³-hybridized carbons (Fsp3) is 0.636. The van der Waals surface area contributed by atoms with Crippen LogP contribution < -0.4 is 5.32 Å². The van der Waals surface area contributed by atoms with E-state index in [0.29, 0.717) is 5.41 Å². The average Bonchev–Trinajstić information content (AvgIpc) is 2.59. The van der Waals surface area contributed by atoms with Crippen LogP contribution in [0.1, 0.15) is 25.1 Å². The van der Waals surface area contributed by atoms with Crippen LogP contribution in [0, 0.1) is 11.3 Å². The molecule has 15 heavy (non-hydrogen) atoms. The van der Waals surface area contributed by atoms with Gasteiger partial charge in [0.1, 0.15) is 0 Å². The van der Waals surface area contributed by atoms with E-state index >= 15 is 0 Å². The van der Waals surface area contributed by atoms with Crippen molar-refractivity contribution in [1.29, 1.82) is 0 Å².